The molecule has 0 amide bonds. The van der Waals surface area contributed by atoms with E-state index >= 15 is 0 Å². The van der Waals surface area contributed by atoms with E-state index in [0.29, 0.717) is 0 Å². The van der Waals surface area contributed by atoms with Crippen LogP contribution in [0.3, 0.4) is 0 Å². The third-order valence-electron chi connectivity index (χ3n) is 5.52. The standard InChI is InChI=1S/C19H29NO3/c1-20(2)13-12-18(16-4-6-17(21-3)7-5-16)8-10-19(11-9-18)22-14-15-23-19/h4-7H,8-15H2,1-3H3. The number of hydrogen-bond donors (Lipinski definition) is 0. The van der Waals surface area contributed by atoms with Gasteiger partial charge in [0.05, 0.1) is 20.3 Å². The van der Waals surface area contributed by atoms with Crippen LogP contribution in [0.4, 0.5) is 0 Å². The predicted molar refractivity (Wildman–Crippen MR) is 90.9 cm³/mol. The Hall–Kier alpha value is -1.10. The van der Waals surface area contributed by atoms with Crippen molar-refractivity contribution in [3.8, 4) is 5.75 Å². The van der Waals surface area contributed by atoms with Crippen molar-refractivity contribution >= 4 is 0 Å². The molecule has 0 bridgehead atoms. The van der Waals surface area contributed by atoms with Gasteiger partial charge in [-0.3, -0.25) is 0 Å². The summed E-state index contributed by atoms with van der Waals surface area (Å²) in [5.74, 6) is 0.625. The largest absolute Gasteiger partial charge is 0.497 e. The zero-order valence-electron chi connectivity index (χ0n) is 14.6. The molecule has 4 heteroatoms. The van der Waals surface area contributed by atoms with Crippen LogP contribution in [0.25, 0.3) is 0 Å². The van der Waals surface area contributed by atoms with Crippen molar-refractivity contribution in [2.45, 2.75) is 43.3 Å². The molecule has 1 aromatic rings. The van der Waals surface area contributed by atoms with E-state index in [4.69, 9.17) is 14.2 Å². The Labute approximate surface area is 139 Å². The fourth-order valence-electron chi connectivity index (χ4n) is 3.96. The van der Waals surface area contributed by atoms with Gasteiger partial charge in [-0.05, 0) is 63.0 Å². The highest BCUT2D eigenvalue weighted by atomic mass is 16.7. The van der Waals surface area contributed by atoms with Crippen molar-refractivity contribution in [2.24, 2.45) is 0 Å². The zero-order valence-corrected chi connectivity index (χ0v) is 14.6. The lowest BCUT2D eigenvalue weighted by Gasteiger charge is -2.44. The minimum Gasteiger partial charge on any atom is -0.497 e. The number of benzene rings is 1. The Balaban J connectivity index is 1.79. The molecule has 1 heterocycles. The van der Waals surface area contributed by atoms with Gasteiger partial charge in [0.2, 0.25) is 0 Å². The third-order valence-corrected chi connectivity index (χ3v) is 5.52. The summed E-state index contributed by atoms with van der Waals surface area (Å²) in [6.07, 6.45) is 5.39. The lowest BCUT2D eigenvalue weighted by Crippen LogP contribution is -2.43. The molecule has 2 aliphatic rings. The summed E-state index contributed by atoms with van der Waals surface area (Å²) in [7, 11) is 6.01. The van der Waals surface area contributed by atoms with Crippen LogP contribution in [-0.4, -0.2) is 51.7 Å². The minimum atomic E-state index is -0.298. The van der Waals surface area contributed by atoms with Gasteiger partial charge in [-0.15, -0.1) is 0 Å². The number of methoxy groups -OCH3 is 1. The molecule has 1 aliphatic carbocycles. The van der Waals surface area contributed by atoms with Crippen LogP contribution < -0.4 is 4.74 Å². The first-order chi connectivity index (χ1) is 11.1. The molecule has 3 rings (SSSR count). The van der Waals surface area contributed by atoms with E-state index in [9.17, 15) is 0 Å². The Kier molecular flexibility index (Phi) is 4.95. The van der Waals surface area contributed by atoms with E-state index in [1.54, 1.807) is 7.11 Å². The Morgan fingerprint density at radius 1 is 1.00 bits per heavy atom. The molecule has 0 radical (unpaired) electrons. The lowest BCUT2D eigenvalue weighted by molar-refractivity contribution is -0.185. The summed E-state index contributed by atoms with van der Waals surface area (Å²) in [6.45, 7) is 2.58. The molecule has 23 heavy (non-hydrogen) atoms. The highest BCUT2D eigenvalue weighted by Crippen LogP contribution is 2.48. The fraction of sp³-hybridized carbons (Fsp3) is 0.684. The second-order valence-corrected chi connectivity index (χ2v) is 7.17. The molecular weight excluding hydrogens is 290 g/mol. The maximum absolute atomic E-state index is 5.92. The predicted octanol–water partition coefficient (Wildman–Crippen LogP) is 3.20. The summed E-state index contributed by atoms with van der Waals surface area (Å²) in [5.41, 5.74) is 1.64. The van der Waals surface area contributed by atoms with Gasteiger partial charge < -0.3 is 19.1 Å². The first kappa shape index (κ1) is 16.7. The van der Waals surface area contributed by atoms with Crippen molar-refractivity contribution in [3.05, 3.63) is 29.8 Å². The van der Waals surface area contributed by atoms with Crippen molar-refractivity contribution in [2.75, 3.05) is 41.0 Å². The number of rotatable bonds is 5. The molecule has 4 nitrogen and oxygen atoms in total. The van der Waals surface area contributed by atoms with E-state index in [1.807, 2.05) is 0 Å². The third kappa shape index (κ3) is 3.54. The van der Waals surface area contributed by atoms with E-state index in [-0.39, 0.29) is 11.2 Å². The normalized spacial score (nSPS) is 22.6. The fourth-order valence-corrected chi connectivity index (χ4v) is 3.96. The zero-order chi connectivity index (χ0) is 16.3. The van der Waals surface area contributed by atoms with Crippen LogP contribution in [0.2, 0.25) is 0 Å². The van der Waals surface area contributed by atoms with Gasteiger partial charge in [0.25, 0.3) is 0 Å². The summed E-state index contributed by atoms with van der Waals surface area (Å²) in [6, 6.07) is 8.64. The summed E-state index contributed by atoms with van der Waals surface area (Å²) >= 11 is 0. The molecule has 0 N–H and O–H groups in total. The van der Waals surface area contributed by atoms with Crippen molar-refractivity contribution < 1.29 is 14.2 Å². The van der Waals surface area contributed by atoms with Gasteiger partial charge in [0, 0.05) is 12.8 Å². The van der Waals surface area contributed by atoms with Crippen LogP contribution in [0.15, 0.2) is 24.3 Å². The smallest absolute Gasteiger partial charge is 0.168 e. The van der Waals surface area contributed by atoms with Crippen LogP contribution in [0.5, 0.6) is 5.75 Å². The maximum atomic E-state index is 5.92. The second-order valence-electron chi connectivity index (χ2n) is 7.17. The van der Waals surface area contributed by atoms with E-state index in [1.165, 1.54) is 12.0 Å². The van der Waals surface area contributed by atoms with Crippen LogP contribution in [-0.2, 0) is 14.9 Å². The molecule has 1 spiro atoms. The number of ether oxygens (including phenoxy) is 3. The summed E-state index contributed by atoms with van der Waals surface area (Å²) < 4.78 is 17.2. The lowest BCUT2D eigenvalue weighted by atomic mass is 9.66. The molecule has 2 fully saturated rings. The molecule has 1 aromatic carbocycles. The van der Waals surface area contributed by atoms with E-state index in [2.05, 4.69) is 43.3 Å². The first-order valence-electron chi connectivity index (χ1n) is 8.65. The first-order valence-corrected chi connectivity index (χ1v) is 8.65. The average molecular weight is 319 g/mol. The Morgan fingerprint density at radius 2 is 1.61 bits per heavy atom. The van der Waals surface area contributed by atoms with Crippen LogP contribution in [0, 0.1) is 0 Å². The summed E-state index contributed by atoms with van der Waals surface area (Å²) in [5, 5.41) is 0. The second kappa shape index (κ2) is 6.80. The van der Waals surface area contributed by atoms with Crippen LogP contribution >= 0.6 is 0 Å². The molecule has 1 aliphatic heterocycles. The SMILES string of the molecule is COc1ccc(C2(CCN(C)C)CCC3(CC2)OCCO3)cc1. The highest BCUT2D eigenvalue weighted by molar-refractivity contribution is 5.33. The van der Waals surface area contributed by atoms with Gasteiger partial charge in [0.15, 0.2) is 5.79 Å². The molecular formula is C19H29NO3. The van der Waals surface area contributed by atoms with E-state index in [0.717, 1.165) is 51.2 Å². The van der Waals surface area contributed by atoms with Gasteiger partial charge in [-0.2, -0.15) is 0 Å². The molecule has 0 aromatic heterocycles. The van der Waals surface area contributed by atoms with Crippen molar-refractivity contribution in [1.29, 1.82) is 0 Å². The van der Waals surface area contributed by atoms with E-state index < -0.39 is 0 Å². The quantitative estimate of drug-likeness (QED) is 0.834. The highest BCUT2D eigenvalue weighted by Gasteiger charge is 2.46. The molecule has 1 saturated carbocycles. The van der Waals surface area contributed by atoms with Gasteiger partial charge >= 0.3 is 0 Å². The van der Waals surface area contributed by atoms with Gasteiger partial charge in [0.1, 0.15) is 5.75 Å². The molecule has 128 valence electrons. The maximum Gasteiger partial charge on any atom is 0.168 e. The van der Waals surface area contributed by atoms with Gasteiger partial charge in [-0.1, -0.05) is 12.1 Å². The summed E-state index contributed by atoms with van der Waals surface area (Å²) in [4.78, 5) is 2.28. The number of nitrogens with zero attached hydrogens (tertiary/aromatic N) is 1. The van der Waals surface area contributed by atoms with Crippen molar-refractivity contribution in [1.82, 2.24) is 4.90 Å². The topological polar surface area (TPSA) is 30.9 Å². The molecule has 0 unspecified atom stereocenters. The molecule has 0 atom stereocenters. The number of hydrogen-bond acceptors (Lipinski definition) is 4. The average Bonchev–Trinajstić information content (AvgIpc) is 3.03. The Morgan fingerprint density at radius 3 is 2.13 bits per heavy atom. The van der Waals surface area contributed by atoms with Crippen molar-refractivity contribution in [3.63, 3.8) is 0 Å². The minimum absolute atomic E-state index is 0.219. The van der Waals surface area contributed by atoms with Gasteiger partial charge in [-0.25, -0.2) is 0 Å². The molecule has 1 saturated heterocycles. The monoisotopic (exact) mass is 319 g/mol. The van der Waals surface area contributed by atoms with Crippen LogP contribution in [0.1, 0.15) is 37.7 Å². The Bertz CT molecular complexity index is 496.